The number of hydrogen-bond acceptors (Lipinski definition) is 4. The highest BCUT2D eigenvalue weighted by Crippen LogP contribution is 2.26. The monoisotopic (exact) mass is 408 g/mol. The average Bonchev–Trinajstić information content (AvgIpc) is 3.10. The van der Waals surface area contributed by atoms with Crippen molar-refractivity contribution in [3.63, 3.8) is 0 Å². The second kappa shape index (κ2) is 9.11. The summed E-state index contributed by atoms with van der Waals surface area (Å²) in [6.07, 6.45) is 1.01. The number of benzene rings is 2. The maximum absolute atomic E-state index is 12.4. The van der Waals surface area contributed by atoms with Crippen LogP contribution in [0.15, 0.2) is 36.4 Å². The summed E-state index contributed by atoms with van der Waals surface area (Å²) in [6.45, 7) is 7.81. The second-order valence-electron chi connectivity index (χ2n) is 7.85. The van der Waals surface area contributed by atoms with Crippen molar-refractivity contribution >= 4 is 29.2 Å². The fourth-order valence-electron chi connectivity index (χ4n) is 3.83. The van der Waals surface area contributed by atoms with E-state index in [9.17, 15) is 14.4 Å². The Kier molecular flexibility index (Phi) is 6.55. The van der Waals surface area contributed by atoms with E-state index in [4.69, 9.17) is 4.74 Å². The van der Waals surface area contributed by atoms with Gasteiger partial charge in [-0.2, -0.15) is 0 Å². The molecule has 30 heavy (non-hydrogen) atoms. The Balaban J connectivity index is 1.55. The van der Waals surface area contributed by atoms with Gasteiger partial charge in [0.15, 0.2) is 6.61 Å². The molecule has 1 heterocycles. The number of aryl methyl sites for hydroxylation is 4. The maximum atomic E-state index is 12.4. The van der Waals surface area contributed by atoms with Crippen LogP contribution < -0.4 is 10.2 Å². The molecule has 0 spiro atoms. The van der Waals surface area contributed by atoms with Crippen molar-refractivity contribution in [2.24, 2.45) is 5.92 Å². The van der Waals surface area contributed by atoms with Crippen molar-refractivity contribution in [2.75, 3.05) is 23.4 Å². The van der Waals surface area contributed by atoms with E-state index in [2.05, 4.69) is 12.2 Å². The fourth-order valence-corrected chi connectivity index (χ4v) is 3.83. The molecule has 1 N–H and O–H groups in total. The zero-order chi connectivity index (χ0) is 21.8. The summed E-state index contributed by atoms with van der Waals surface area (Å²) in [7, 11) is 0. The third kappa shape index (κ3) is 4.87. The number of amides is 2. The van der Waals surface area contributed by atoms with Crippen LogP contribution in [0.5, 0.6) is 0 Å². The molecule has 2 aromatic carbocycles. The van der Waals surface area contributed by atoms with Gasteiger partial charge in [0.25, 0.3) is 5.91 Å². The van der Waals surface area contributed by atoms with Crippen molar-refractivity contribution in [1.82, 2.24) is 0 Å². The molecular weight excluding hydrogens is 380 g/mol. The number of nitrogens with zero attached hydrogens (tertiary/aromatic N) is 1. The van der Waals surface area contributed by atoms with Gasteiger partial charge in [0.2, 0.25) is 5.91 Å². The Morgan fingerprint density at radius 1 is 1.10 bits per heavy atom. The Morgan fingerprint density at radius 2 is 1.73 bits per heavy atom. The van der Waals surface area contributed by atoms with Gasteiger partial charge in [0.1, 0.15) is 0 Å². The van der Waals surface area contributed by atoms with Crippen molar-refractivity contribution < 1.29 is 19.1 Å². The Labute approximate surface area is 177 Å². The number of carbonyl (C=O) groups excluding carboxylic acids is 3. The molecule has 1 fully saturated rings. The minimum Gasteiger partial charge on any atom is -0.455 e. The number of esters is 1. The highest BCUT2D eigenvalue weighted by molar-refractivity contribution is 6.00. The van der Waals surface area contributed by atoms with Crippen LogP contribution in [0.2, 0.25) is 0 Å². The lowest BCUT2D eigenvalue weighted by atomic mass is 10.1. The number of carbonyl (C=O) groups is 3. The van der Waals surface area contributed by atoms with Gasteiger partial charge in [0, 0.05) is 24.3 Å². The van der Waals surface area contributed by atoms with E-state index in [0.29, 0.717) is 0 Å². The molecule has 0 radical (unpaired) electrons. The van der Waals surface area contributed by atoms with Gasteiger partial charge >= 0.3 is 5.97 Å². The maximum Gasteiger partial charge on any atom is 0.311 e. The largest absolute Gasteiger partial charge is 0.455 e. The van der Waals surface area contributed by atoms with Crippen LogP contribution in [0.4, 0.5) is 11.4 Å². The highest BCUT2D eigenvalue weighted by Gasteiger charge is 2.36. The molecule has 0 saturated carbocycles. The molecule has 2 aromatic rings. The topological polar surface area (TPSA) is 75.7 Å². The van der Waals surface area contributed by atoms with Crippen LogP contribution in [0.25, 0.3) is 0 Å². The Bertz CT molecular complexity index is 943. The average molecular weight is 408 g/mol. The summed E-state index contributed by atoms with van der Waals surface area (Å²) in [5.74, 6) is -1.60. The molecule has 0 unspecified atom stereocenters. The molecule has 1 aliphatic rings. The third-order valence-corrected chi connectivity index (χ3v) is 5.40. The van der Waals surface area contributed by atoms with E-state index in [1.165, 1.54) is 5.56 Å². The SMILES string of the molecule is CCc1ccc(N2C[C@@H](C(=O)OCC(=O)Nc3c(C)cc(C)cc3C)CC2=O)cc1. The van der Waals surface area contributed by atoms with E-state index >= 15 is 0 Å². The van der Waals surface area contributed by atoms with Crippen molar-refractivity contribution in [3.8, 4) is 0 Å². The fraction of sp³-hybridized carbons (Fsp3) is 0.375. The molecule has 2 amide bonds. The number of nitrogens with one attached hydrogen (secondary N) is 1. The van der Waals surface area contributed by atoms with Crippen LogP contribution in [-0.4, -0.2) is 30.9 Å². The lowest BCUT2D eigenvalue weighted by molar-refractivity contribution is -0.151. The molecule has 158 valence electrons. The predicted octanol–water partition coefficient (Wildman–Crippen LogP) is 3.71. The zero-order valence-electron chi connectivity index (χ0n) is 18.0. The number of anilines is 2. The van der Waals surface area contributed by atoms with Gasteiger partial charge in [-0.15, -0.1) is 0 Å². The minimum absolute atomic E-state index is 0.0894. The first-order valence-electron chi connectivity index (χ1n) is 10.2. The van der Waals surface area contributed by atoms with E-state index < -0.39 is 17.8 Å². The Morgan fingerprint density at radius 3 is 2.33 bits per heavy atom. The summed E-state index contributed by atoms with van der Waals surface area (Å²) >= 11 is 0. The van der Waals surface area contributed by atoms with Crippen molar-refractivity contribution in [1.29, 1.82) is 0 Å². The van der Waals surface area contributed by atoms with Crippen molar-refractivity contribution in [2.45, 2.75) is 40.5 Å². The first-order chi connectivity index (χ1) is 14.3. The lowest BCUT2D eigenvalue weighted by Crippen LogP contribution is -2.28. The normalized spacial score (nSPS) is 15.9. The Hall–Kier alpha value is -3.15. The minimum atomic E-state index is -0.570. The summed E-state index contributed by atoms with van der Waals surface area (Å²) < 4.78 is 5.20. The van der Waals surface area contributed by atoms with Gasteiger partial charge < -0.3 is 15.0 Å². The lowest BCUT2D eigenvalue weighted by Gasteiger charge is -2.17. The number of hydrogen-bond donors (Lipinski definition) is 1. The zero-order valence-corrected chi connectivity index (χ0v) is 18.0. The predicted molar refractivity (Wildman–Crippen MR) is 117 cm³/mol. The van der Waals surface area contributed by atoms with E-state index in [1.807, 2.05) is 57.2 Å². The summed E-state index contributed by atoms with van der Waals surface area (Å²) in [6, 6.07) is 11.7. The van der Waals surface area contributed by atoms with Crippen LogP contribution >= 0.6 is 0 Å². The quantitative estimate of drug-likeness (QED) is 0.740. The van der Waals surface area contributed by atoms with Gasteiger partial charge in [0.05, 0.1) is 5.92 Å². The third-order valence-electron chi connectivity index (χ3n) is 5.40. The van der Waals surface area contributed by atoms with Gasteiger partial charge in [-0.05, 0) is 56.0 Å². The molecular formula is C24H28N2O4. The number of rotatable bonds is 6. The van der Waals surface area contributed by atoms with Gasteiger partial charge in [-0.3, -0.25) is 14.4 Å². The van der Waals surface area contributed by atoms with Crippen molar-refractivity contribution in [3.05, 3.63) is 58.7 Å². The van der Waals surface area contributed by atoms with E-state index in [1.54, 1.807) is 4.90 Å². The first kappa shape index (κ1) is 21.6. The molecule has 1 aliphatic heterocycles. The highest BCUT2D eigenvalue weighted by atomic mass is 16.5. The van der Waals surface area contributed by atoms with Gasteiger partial charge in [-0.25, -0.2) is 0 Å². The van der Waals surface area contributed by atoms with Crippen LogP contribution in [0.3, 0.4) is 0 Å². The second-order valence-corrected chi connectivity index (χ2v) is 7.85. The van der Waals surface area contributed by atoms with Crippen LogP contribution in [0.1, 0.15) is 35.6 Å². The molecule has 1 saturated heterocycles. The first-order valence-corrected chi connectivity index (χ1v) is 10.2. The molecule has 1 atom stereocenters. The molecule has 0 aliphatic carbocycles. The summed E-state index contributed by atoms with van der Waals surface area (Å²) in [4.78, 5) is 38.7. The summed E-state index contributed by atoms with van der Waals surface area (Å²) in [5.41, 5.74) is 5.73. The van der Waals surface area contributed by atoms with Crippen LogP contribution in [0, 0.1) is 26.7 Å². The van der Waals surface area contributed by atoms with E-state index in [0.717, 1.165) is 34.5 Å². The standard InChI is InChI=1S/C24H28N2O4/c1-5-18-6-8-20(9-7-18)26-13-19(12-22(26)28)24(29)30-14-21(27)25-23-16(3)10-15(2)11-17(23)4/h6-11,19H,5,12-14H2,1-4H3,(H,25,27)/t19-/m0/s1. The van der Waals surface area contributed by atoms with Gasteiger partial charge in [-0.1, -0.05) is 36.8 Å². The molecule has 6 heteroatoms. The van der Waals surface area contributed by atoms with Crippen LogP contribution in [-0.2, 0) is 25.5 Å². The van der Waals surface area contributed by atoms with E-state index in [-0.39, 0.29) is 25.5 Å². The molecule has 0 aromatic heterocycles. The number of ether oxygens (including phenoxy) is 1. The molecule has 3 rings (SSSR count). The molecule has 6 nitrogen and oxygen atoms in total. The molecule has 0 bridgehead atoms. The summed E-state index contributed by atoms with van der Waals surface area (Å²) in [5, 5.41) is 2.81. The smallest absolute Gasteiger partial charge is 0.311 e.